The molecule has 1 N–H and O–H groups in total. The van der Waals surface area contributed by atoms with Gasteiger partial charge in [0.1, 0.15) is 0 Å². The minimum atomic E-state index is 0.882. The van der Waals surface area contributed by atoms with Gasteiger partial charge in [-0.3, -0.25) is 0 Å². The largest absolute Gasteiger partial charge is 0.384 e. The van der Waals surface area contributed by atoms with Crippen molar-refractivity contribution in [1.29, 1.82) is 0 Å². The maximum Gasteiger partial charge on any atom is 0.0369 e. The van der Waals surface area contributed by atoms with Crippen molar-refractivity contribution >= 4 is 0 Å². The van der Waals surface area contributed by atoms with Crippen molar-refractivity contribution in [3.8, 4) is 0 Å². The van der Waals surface area contributed by atoms with E-state index in [0.29, 0.717) is 0 Å². The first-order valence-corrected chi connectivity index (χ1v) is 6.27. The van der Waals surface area contributed by atoms with E-state index in [0.717, 1.165) is 31.6 Å². The lowest BCUT2D eigenvalue weighted by atomic mass is 10.1. The third-order valence-corrected chi connectivity index (χ3v) is 2.40. The van der Waals surface area contributed by atoms with Crippen molar-refractivity contribution in [3.63, 3.8) is 0 Å². The summed E-state index contributed by atoms with van der Waals surface area (Å²) >= 11 is 0. The molecule has 17 heavy (non-hydrogen) atoms. The molecule has 0 aromatic heterocycles. The van der Waals surface area contributed by atoms with E-state index >= 15 is 0 Å². The summed E-state index contributed by atoms with van der Waals surface area (Å²) in [4.78, 5) is 2.11. The Hall–Kier alpha value is -1.02. The van der Waals surface area contributed by atoms with Crippen molar-refractivity contribution in [2.45, 2.75) is 33.6 Å². The Kier molecular flexibility index (Phi) is 8.51. The van der Waals surface area contributed by atoms with Crippen LogP contribution in [0.15, 0.2) is 35.6 Å². The second-order valence-corrected chi connectivity index (χ2v) is 5.09. The van der Waals surface area contributed by atoms with Gasteiger partial charge in [-0.25, -0.2) is 0 Å². The zero-order chi connectivity index (χ0) is 13.3. The molecule has 0 bridgehead atoms. The Labute approximate surface area is 107 Å². The standard InChI is InChI=1S/C15H28N2/c1-13(2)8-7-9-14(3)10-11-16-15(4)12-17(5)6/h8,10,16H,4,7,9,11-12H2,1-3,5-6H3/b14-10+. The van der Waals surface area contributed by atoms with E-state index in [1.807, 2.05) is 14.1 Å². The summed E-state index contributed by atoms with van der Waals surface area (Å²) in [6, 6.07) is 0. The van der Waals surface area contributed by atoms with Gasteiger partial charge in [0.2, 0.25) is 0 Å². The molecule has 0 aliphatic carbocycles. The van der Waals surface area contributed by atoms with Crippen LogP contribution in [-0.2, 0) is 0 Å². The Bertz CT molecular complexity index is 281. The molecule has 0 rings (SSSR count). The second-order valence-electron chi connectivity index (χ2n) is 5.09. The molecule has 0 radical (unpaired) electrons. The normalized spacial score (nSPS) is 11.5. The molecule has 0 saturated carbocycles. The summed E-state index contributed by atoms with van der Waals surface area (Å²) in [6.07, 6.45) is 6.83. The Morgan fingerprint density at radius 1 is 1.18 bits per heavy atom. The highest BCUT2D eigenvalue weighted by Crippen LogP contribution is 2.05. The zero-order valence-electron chi connectivity index (χ0n) is 12.1. The third kappa shape index (κ3) is 11.2. The van der Waals surface area contributed by atoms with Crippen molar-refractivity contribution in [3.05, 3.63) is 35.6 Å². The molecule has 0 amide bonds. The van der Waals surface area contributed by atoms with Crippen molar-refractivity contribution in [2.24, 2.45) is 0 Å². The van der Waals surface area contributed by atoms with Gasteiger partial charge >= 0.3 is 0 Å². The van der Waals surface area contributed by atoms with E-state index in [-0.39, 0.29) is 0 Å². The van der Waals surface area contributed by atoms with Gasteiger partial charge in [-0.2, -0.15) is 0 Å². The second kappa shape index (κ2) is 9.06. The first kappa shape index (κ1) is 16.0. The lowest BCUT2D eigenvalue weighted by Gasteiger charge is -2.13. The lowest BCUT2D eigenvalue weighted by Crippen LogP contribution is -2.23. The minimum absolute atomic E-state index is 0.882. The van der Waals surface area contributed by atoms with Crippen molar-refractivity contribution in [1.82, 2.24) is 10.2 Å². The highest BCUT2D eigenvalue weighted by Gasteiger charge is 1.94. The Morgan fingerprint density at radius 3 is 2.35 bits per heavy atom. The van der Waals surface area contributed by atoms with Crippen molar-refractivity contribution in [2.75, 3.05) is 27.2 Å². The SMILES string of the molecule is C=C(CN(C)C)NC/C=C(\C)CCC=C(C)C. The van der Waals surface area contributed by atoms with Gasteiger partial charge < -0.3 is 10.2 Å². The molecule has 0 aliphatic rings. The quantitative estimate of drug-likeness (QED) is 0.650. The summed E-state index contributed by atoms with van der Waals surface area (Å²) < 4.78 is 0. The molecule has 0 spiro atoms. The number of nitrogens with one attached hydrogen (secondary N) is 1. The van der Waals surface area contributed by atoms with E-state index < -0.39 is 0 Å². The molecule has 0 heterocycles. The van der Waals surface area contributed by atoms with Crippen molar-refractivity contribution < 1.29 is 0 Å². The number of likely N-dealkylation sites (N-methyl/N-ethyl adjacent to an activating group) is 1. The van der Waals surface area contributed by atoms with Crippen LogP contribution in [0.5, 0.6) is 0 Å². The highest BCUT2D eigenvalue weighted by molar-refractivity contribution is 5.05. The van der Waals surface area contributed by atoms with Gasteiger partial charge in [0.15, 0.2) is 0 Å². The molecule has 2 heteroatoms. The van der Waals surface area contributed by atoms with Crippen LogP contribution < -0.4 is 5.32 Å². The molecule has 0 aromatic rings. The summed E-state index contributed by atoms with van der Waals surface area (Å²) in [5, 5.41) is 3.32. The molecule has 0 fully saturated rings. The first-order valence-electron chi connectivity index (χ1n) is 6.27. The number of allylic oxidation sites excluding steroid dienone is 3. The monoisotopic (exact) mass is 236 g/mol. The zero-order valence-corrected chi connectivity index (χ0v) is 12.1. The first-order chi connectivity index (χ1) is 7.91. The summed E-state index contributed by atoms with van der Waals surface area (Å²) in [5.74, 6) is 0. The molecule has 0 unspecified atom stereocenters. The maximum absolute atomic E-state index is 3.99. The average molecular weight is 236 g/mol. The van der Waals surface area contributed by atoms with E-state index in [1.165, 1.54) is 11.1 Å². The number of nitrogens with zero attached hydrogens (tertiary/aromatic N) is 1. The fraction of sp³-hybridized carbons (Fsp3) is 0.600. The minimum Gasteiger partial charge on any atom is -0.384 e. The van der Waals surface area contributed by atoms with E-state index in [9.17, 15) is 0 Å². The van der Waals surface area contributed by atoms with Crippen LogP contribution in [-0.4, -0.2) is 32.1 Å². The van der Waals surface area contributed by atoms with Gasteiger partial charge in [-0.05, 0) is 47.7 Å². The molecule has 0 aromatic carbocycles. The maximum atomic E-state index is 3.99. The predicted octanol–water partition coefficient (Wildman–Crippen LogP) is 3.34. The van der Waals surface area contributed by atoms with Gasteiger partial charge in [-0.15, -0.1) is 0 Å². The Balaban J connectivity index is 3.76. The van der Waals surface area contributed by atoms with Crippen LogP contribution in [0.3, 0.4) is 0 Å². The molecular weight excluding hydrogens is 208 g/mol. The van der Waals surface area contributed by atoms with Crippen LogP contribution in [0.4, 0.5) is 0 Å². The highest BCUT2D eigenvalue weighted by atomic mass is 15.1. The molecule has 2 nitrogen and oxygen atoms in total. The van der Waals surface area contributed by atoms with Crippen LogP contribution in [0.2, 0.25) is 0 Å². The summed E-state index contributed by atoms with van der Waals surface area (Å²) in [6.45, 7) is 12.2. The van der Waals surface area contributed by atoms with Crippen LogP contribution in [0.1, 0.15) is 33.6 Å². The van der Waals surface area contributed by atoms with Gasteiger partial charge in [0.05, 0.1) is 0 Å². The number of hydrogen-bond donors (Lipinski definition) is 1. The summed E-state index contributed by atoms with van der Waals surface area (Å²) in [5.41, 5.74) is 3.91. The fourth-order valence-corrected chi connectivity index (χ4v) is 1.50. The smallest absolute Gasteiger partial charge is 0.0369 e. The van der Waals surface area contributed by atoms with Crippen LogP contribution in [0.25, 0.3) is 0 Å². The Morgan fingerprint density at radius 2 is 1.82 bits per heavy atom. The van der Waals surface area contributed by atoms with Crippen LogP contribution in [0, 0.1) is 0 Å². The van der Waals surface area contributed by atoms with Gasteiger partial charge in [0, 0.05) is 18.8 Å². The fourth-order valence-electron chi connectivity index (χ4n) is 1.50. The molecule has 98 valence electrons. The predicted molar refractivity (Wildman–Crippen MR) is 78.1 cm³/mol. The van der Waals surface area contributed by atoms with E-state index in [1.54, 1.807) is 0 Å². The molecule has 0 aliphatic heterocycles. The topological polar surface area (TPSA) is 15.3 Å². The number of rotatable bonds is 8. The van der Waals surface area contributed by atoms with E-state index in [2.05, 4.69) is 49.7 Å². The van der Waals surface area contributed by atoms with E-state index in [4.69, 9.17) is 0 Å². The molecule has 0 saturated heterocycles. The lowest BCUT2D eigenvalue weighted by molar-refractivity contribution is 0.435. The van der Waals surface area contributed by atoms with Gasteiger partial charge in [0.25, 0.3) is 0 Å². The summed E-state index contributed by atoms with van der Waals surface area (Å²) in [7, 11) is 4.10. The third-order valence-electron chi connectivity index (χ3n) is 2.40. The number of hydrogen-bond acceptors (Lipinski definition) is 2. The van der Waals surface area contributed by atoms with Gasteiger partial charge in [-0.1, -0.05) is 29.9 Å². The molecule has 0 atom stereocenters. The average Bonchev–Trinajstić information content (AvgIpc) is 2.15. The van der Waals surface area contributed by atoms with Crippen LogP contribution >= 0.6 is 0 Å². The molecular formula is C15H28N2.